The second-order valence-electron chi connectivity index (χ2n) is 6.82. The first-order valence-corrected chi connectivity index (χ1v) is 9.15. The Labute approximate surface area is 156 Å². The van der Waals surface area contributed by atoms with Gasteiger partial charge in [-0.2, -0.15) is 9.50 Å². The summed E-state index contributed by atoms with van der Waals surface area (Å²) in [5.41, 5.74) is 4.17. The van der Waals surface area contributed by atoms with E-state index in [1.54, 1.807) is 6.07 Å². The molecule has 4 aromatic rings. The molecule has 6 heteroatoms. The van der Waals surface area contributed by atoms with Crippen LogP contribution in [0, 0.1) is 0 Å². The maximum atomic E-state index is 12.6. The summed E-state index contributed by atoms with van der Waals surface area (Å²) in [6, 6.07) is 19.8. The molecule has 2 aromatic carbocycles. The normalized spacial score (nSPS) is 13.7. The van der Waals surface area contributed by atoms with Crippen LogP contribution < -0.4 is 10.5 Å². The van der Waals surface area contributed by atoms with E-state index in [-0.39, 0.29) is 5.56 Å². The first kappa shape index (κ1) is 15.8. The van der Waals surface area contributed by atoms with Gasteiger partial charge in [0.1, 0.15) is 0 Å². The van der Waals surface area contributed by atoms with Crippen molar-refractivity contribution in [1.82, 2.24) is 19.6 Å². The summed E-state index contributed by atoms with van der Waals surface area (Å²) >= 11 is 0. The highest BCUT2D eigenvalue weighted by Gasteiger charge is 2.17. The number of aromatic nitrogens is 4. The van der Waals surface area contributed by atoms with Gasteiger partial charge in [-0.15, -0.1) is 5.10 Å². The Morgan fingerprint density at radius 2 is 1.85 bits per heavy atom. The number of rotatable bonds is 3. The highest BCUT2D eigenvalue weighted by Crippen LogP contribution is 2.27. The van der Waals surface area contributed by atoms with Gasteiger partial charge >= 0.3 is 0 Å². The van der Waals surface area contributed by atoms with Gasteiger partial charge in [-0.25, -0.2) is 0 Å². The van der Waals surface area contributed by atoms with Crippen LogP contribution in [0.4, 0.5) is 5.69 Å². The molecule has 134 valence electrons. The number of fused-ring (bicyclic) bond motifs is 2. The summed E-state index contributed by atoms with van der Waals surface area (Å²) < 4.78 is 1.33. The highest BCUT2D eigenvalue weighted by molar-refractivity contribution is 5.57. The smallest absolute Gasteiger partial charge is 0.275 e. The lowest BCUT2D eigenvalue weighted by Gasteiger charge is -2.31. The summed E-state index contributed by atoms with van der Waals surface area (Å²) in [6.45, 7) is 1.63. The van der Waals surface area contributed by atoms with E-state index in [4.69, 9.17) is 0 Å². The minimum absolute atomic E-state index is 0.168. The first-order chi connectivity index (χ1) is 13.3. The maximum absolute atomic E-state index is 12.6. The average Bonchev–Trinajstić information content (AvgIpc) is 3.14. The summed E-state index contributed by atoms with van der Waals surface area (Å²) in [5, 5.41) is 4.35. The lowest BCUT2D eigenvalue weighted by molar-refractivity contribution is 0.682. The monoisotopic (exact) mass is 357 g/mol. The van der Waals surface area contributed by atoms with Crippen molar-refractivity contribution in [2.75, 3.05) is 11.4 Å². The van der Waals surface area contributed by atoms with Crippen LogP contribution in [0.15, 0.2) is 65.5 Å². The van der Waals surface area contributed by atoms with Gasteiger partial charge in [0.25, 0.3) is 5.56 Å². The molecular formula is C21H19N5O. The SMILES string of the molecule is O=c1cc(CN2CCCc3ccccc32)[nH]c2nc(-c3ccccc3)nn12. The molecule has 1 aliphatic rings. The number of aromatic amines is 1. The van der Waals surface area contributed by atoms with Gasteiger partial charge in [-0.1, -0.05) is 48.5 Å². The lowest BCUT2D eigenvalue weighted by atomic mass is 10.0. The highest BCUT2D eigenvalue weighted by atomic mass is 16.1. The average molecular weight is 357 g/mol. The molecule has 6 nitrogen and oxygen atoms in total. The number of hydrogen-bond acceptors (Lipinski definition) is 4. The Kier molecular flexibility index (Phi) is 3.74. The van der Waals surface area contributed by atoms with E-state index in [2.05, 4.69) is 44.2 Å². The van der Waals surface area contributed by atoms with Crippen molar-refractivity contribution in [2.24, 2.45) is 0 Å². The molecule has 0 saturated heterocycles. The Bertz CT molecular complexity index is 1160. The third kappa shape index (κ3) is 2.89. The minimum atomic E-state index is -0.168. The van der Waals surface area contributed by atoms with Gasteiger partial charge in [0, 0.05) is 29.6 Å². The number of benzene rings is 2. The predicted molar refractivity (Wildman–Crippen MR) is 105 cm³/mol. The molecule has 5 rings (SSSR count). The third-order valence-electron chi connectivity index (χ3n) is 4.99. The number of hydrogen-bond donors (Lipinski definition) is 1. The van der Waals surface area contributed by atoms with Gasteiger partial charge in [0.15, 0.2) is 5.82 Å². The van der Waals surface area contributed by atoms with E-state index in [1.807, 2.05) is 30.3 Å². The van der Waals surface area contributed by atoms with E-state index < -0.39 is 0 Å². The molecule has 0 unspecified atom stereocenters. The van der Waals surface area contributed by atoms with Crippen LogP contribution in [-0.4, -0.2) is 26.1 Å². The Morgan fingerprint density at radius 3 is 2.74 bits per heavy atom. The van der Waals surface area contributed by atoms with Gasteiger partial charge in [0.05, 0.1) is 6.54 Å². The van der Waals surface area contributed by atoms with Crippen molar-refractivity contribution in [2.45, 2.75) is 19.4 Å². The van der Waals surface area contributed by atoms with Crippen molar-refractivity contribution >= 4 is 11.5 Å². The zero-order valence-corrected chi connectivity index (χ0v) is 14.8. The predicted octanol–water partition coefficient (Wildman–Crippen LogP) is 3.04. The van der Waals surface area contributed by atoms with E-state index in [0.717, 1.165) is 30.6 Å². The van der Waals surface area contributed by atoms with Crippen LogP contribution in [0.5, 0.6) is 0 Å². The van der Waals surface area contributed by atoms with Crippen LogP contribution in [-0.2, 0) is 13.0 Å². The molecule has 0 amide bonds. The molecule has 0 bridgehead atoms. The summed E-state index contributed by atoms with van der Waals surface area (Å²) in [4.78, 5) is 22.7. The molecule has 27 heavy (non-hydrogen) atoms. The number of anilines is 1. The van der Waals surface area contributed by atoms with Crippen molar-refractivity contribution in [3.63, 3.8) is 0 Å². The second-order valence-corrected chi connectivity index (χ2v) is 6.82. The summed E-state index contributed by atoms with van der Waals surface area (Å²) in [7, 11) is 0. The Balaban J connectivity index is 1.51. The Hall–Kier alpha value is -3.41. The zero-order chi connectivity index (χ0) is 18.2. The lowest BCUT2D eigenvalue weighted by Crippen LogP contribution is -2.30. The molecule has 0 radical (unpaired) electrons. The van der Waals surface area contributed by atoms with Crippen LogP contribution in [0.2, 0.25) is 0 Å². The maximum Gasteiger partial charge on any atom is 0.275 e. The minimum Gasteiger partial charge on any atom is -0.365 e. The molecule has 2 aromatic heterocycles. The van der Waals surface area contributed by atoms with E-state index in [0.29, 0.717) is 18.1 Å². The molecule has 1 N–H and O–H groups in total. The van der Waals surface area contributed by atoms with Crippen molar-refractivity contribution in [3.8, 4) is 11.4 Å². The molecule has 0 saturated carbocycles. The molecule has 0 fully saturated rings. The number of aryl methyl sites for hydroxylation is 1. The molecule has 1 aliphatic heterocycles. The molecule has 0 atom stereocenters. The van der Waals surface area contributed by atoms with Crippen molar-refractivity contribution in [3.05, 3.63) is 82.3 Å². The van der Waals surface area contributed by atoms with Gasteiger partial charge < -0.3 is 9.88 Å². The van der Waals surface area contributed by atoms with E-state index in [1.165, 1.54) is 15.8 Å². The second kappa shape index (κ2) is 6.39. The summed E-state index contributed by atoms with van der Waals surface area (Å²) in [6.07, 6.45) is 2.22. The molecular weight excluding hydrogens is 338 g/mol. The standard InChI is InChI=1S/C21H19N5O/c27-19-13-17(14-25-12-6-10-15-7-4-5-11-18(15)25)22-21-23-20(24-26(19)21)16-8-2-1-3-9-16/h1-5,7-9,11,13H,6,10,12,14H2,(H,22,23,24). The molecule has 0 aliphatic carbocycles. The molecule has 3 heterocycles. The fourth-order valence-electron chi connectivity index (χ4n) is 3.71. The topological polar surface area (TPSA) is 66.3 Å². The van der Waals surface area contributed by atoms with Crippen molar-refractivity contribution < 1.29 is 0 Å². The van der Waals surface area contributed by atoms with Gasteiger partial charge in [-0.05, 0) is 24.5 Å². The van der Waals surface area contributed by atoms with Crippen LogP contribution in [0.3, 0.4) is 0 Å². The largest absolute Gasteiger partial charge is 0.365 e. The zero-order valence-electron chi connectivity index (χ0n) is 14.8. The van der Waals surface area contributed by atoms with Gasteiger partial charge in [0.2, 0.25) is 5.78 Å². The van der Waals surface area contributed by atoms with E-state index in [9.17, 15) is 4.79 Å². The van der Waals surface area contributed by atoms with Crippen LogP contribution >= 0.6 is 0 Å². The fourth-order valence-corrected chi connectivity index (χ4v) is 3.71. The summed E-state index contributed by atoms with van der Waals surface area (Å²) in [5.74, 6) is 1.02. The number of nitrogens with one attached hydrogen (secondary N) is 1. The van der Waals surface area contributed by atoms with Gasteiger partial charge in [-0.3, -0.25) is 4.79 Å². The number of H-pyrrole nitrogens is 1. The molecule has 0 spiro atoms. The van der Waals surface area contributed by atoms with Crippen LogP contribution in [0.1, 0.15) is 17.7 Å². The fraction of sp³-hybridized carbons (Fsp3) is 0.190. The number of nitrogens with zero attached hydrogens (tertiary/aromatic N) is 4. The Morgan fingerprint density at radius 1 is 1.04 bits per heavy atom. The number of para-hydroxylation sites is 1. The third-order valence-corrected chi connectivity index (χ3v) is 4.99. The van der Waals surface area contributed by atoms with Crippen LogP contribution in [0.25, 0.3) is 17.2 Å². The first-order valence-electron chi connectivity index (χ1n) is 9.15. The van der Waals surface area contributed by atoms with E-state index >= 15 is 0 Å². The van der Waals surface area contributed by atoms with Crippen molar-refractivity contribution in [1.29, 1.82) is 0 Å². The quantitative estimate of drug-likeness (QED) is 0.612.